The molecule has 3 aromatic rings. The van der Waals surface area contributed by atoms with Gasteiger partial charge in [0.1, 0.15) is 11.6 Å². The summed E-state index contributed by atoms with van der Waals surface area (Å²) in [5.74, 6) is 1.96. The number of aromatic nitrogens is 1. The third-order valence-corrected chi connectivity index (χ3v) is 4.17. The Morgan fingerprint density at radius 1 is 1.19 bits per heavy atom. The van der Waals surface area contributed by atoms with Gasteiger partial charge in [-0.15, -0.1) is 0 Å². The summed E-state index contributed by atoms with van der Waals surface area (Å²) in [6, 6.07) is 10.8. The van der Waals surface area contributed by atoms with E-state index in [0.29, 0.717) is 18.2 Å². The summed E-state index contributed by atoms with van der Waals surface area (Å²) in [4.78, 5) is 16.7. The molecule has 0 radical (unpaired) electrons. The number of nitrogens with zero attached hydrogens (tertiary/aromatic N) is 1. The van der Waals surface area contributed by atoms with E-state index in [0.717, 1.165) is 28.1 Å². The lowest BCUT2D eigenvalue weighted by molar-refractivity contribution is -0.121. The van der Waals surface area contributed by atoms with E-state index in [1.54, 1.807) is 6.92 Å². The van der Waals surface area contributed by atoms with Crippen molar-refractivity contribution < 1.29 is 18.7 Å². The van der Waals surface area contributed by atoms with Crippen molar-refractivity contribution in [1.82, 2.24) is 10.3 Å². The van der Waals surface area contributed by atoms with Crippen LogP contribution in [0.5, 0.6) is 11.5 Å². The van der Waals surface area contributed by atoms with E-state index >= 15 is 0 Å². The zero-order valence-electron chi connectivity index (χ0n) is 14.5. The molecular formula is C19H19N3O4. The van der Waals surface area contributed by atoms with Gasteiger partial charge in [-0.2, -0.15) is 0 Å². The number of hydrogen-bond donors (Lipinski definition) is 2. The number of hydrogen-bond acceptors (Lipinski definition) is 6. The number of benzene rings is 2. The van der Waals surface area contributed by atoms with Crippen LogP contribution in [-0.2, 0) is 11.3 Å². The number of ether oxygens (including phenoxy) is 2. The van der Waals surface area contributed by atoms with Crippen molar-refractivity contribution in [2.24, 2.45) is 0 Å². The van der Waals surface area contributed by atoms with Gasteiger partial charge in [0.05, 0.1) is 0 Å². The summed E-state index contributed by atoms with van der Waals surface area (Å²) in [7, 11) is 0. The molecule has 4 rings (SSSR count). The third-order valence-electron chi connectivity index (χ3n) is 4.17. The van der Waals surface area contributed by atoms with E-state index in [1.807, 2.05) is 43.3 Å². The molecule has 0 unspecified atom stereocenters. The summed E-state index contributed by atoms with van der Waals surface area (Å²) in [6.07, 6.45) is 0. The van der Waals surface area contributed by atoms with Crippen molar-refractivity contribution in [2.45, 2.75) is 26.4 Å². The predicted octanol–water partition coefficient (Wildman–Crippen LogP) is 2.98. The highest BCUT2D eigenvalue weighted by Crippen LogP contribution is 2.32. The van der Waals surface area contributed by atoms with Gasteiger partial charge in [-0.3, -0.25) is 4.79 Å². The van der Waals surface area contributed by atoms with Gasteiger partial charge in [0.2, 0.25) is 12.7 Å². The van der Waals surface area contributed by atoms with Crippen molar-refractivity contribution in [3.63, 3.8) is 0 Å². The molecule has 2 heterocycles. The van der Waals surface area contributed by atoms with Crippen molar-refractivity contribution in [3.05, 3.63) is 47.9 Å². The van der Waals surface area contributed by atoms with Crippen molar-refractivity contribution in [2.75, 3.05) is 12.1 Å². The van der Waals surface area contributed by atoms with Gasteiger partial charge in [0, 0.05) is 19.2 Å². The molecule has 0 aliphatic carbocycles. The molecule has 2 aromatic carbocycles. The molecule has 0 saturated heterocycles. The highest BCUT2D eigenvalue weighted by Gasteiger charge is 2.16. The normalized spacial score (nSPS) is 13.6. The van der Waals surface area contributed by atoms with Gasteiger partial charge in [0.25, 0.3) is 0 Å². The van der Waals surface area contributed by atoms with E-state index in [1.165, 1.54) is 0 Å². The largest absolute Gasteiger partial charge is 0.454 e. The molecule has 0 bridgehead atoms. The van der Waals surface area contributed by atoms with Crippen LogP contribution in [0.15, 0.2) is 40.8 Å². The van der Waals surface area contributed by atoms with Gasteiger partial charge in [0.15, 0.2) is 23.0 Å². The first-order chi connectivity index (χ1) is 12.6. The van der Waals surface area contributed by atoms with Gasteiger partial charge < -0.3 is 24.5 Å². The molecule has 1 amide bonds. The number of nitrogens with one attached hydrogen (secondary N) is 2. The number of carbonyl (C=O) groups excluding carboxylic acids is 1. The molecule has 0 spiro atoms. The lowest BCUT2D eigenvalue weighted by atomic mass is 10.2. The van der Waals surface area contributed by atoms with Gasteiger partial charge in [-0.05, 0) is 42.8 Å². The second-order valence-electron chi connectivity index (χ2n) is 6.19. The van der Waals surface area contributed by atoms with Gasteiger partial charge in [-0.1, -0.05) is 6.07 Å². The molecule has 2 N–H and O–H groups in total. The molecule has 7 nitrogen and oxygen atoms in total. The fourth-order valence-corrected chi connectivity index (χ4v) is 2.84. The molecule has 1 aliphatic rings. The van der Waals surface area contributed by atoms with E-state index in [9.17, 15) is 4.79 Å². The number of fused-ring (bicyclic) bond motifs is 2. The minimum Gasteiger partial charge on any atom is -0.454 e. The Morgan fingerprint density at radius 3 is 2.92 bits per heavy atom. The maximum Gasteiger partial charge on any atom is 0.242 e. The molecule has 0 saturated carbocycles. The van der Waals surface area contributed by atoms with Crippen LogP contribution in [-0.4, -0.2) is 23.7 Å². The fourth-order valence-electron chi connectivity index (χ4n) is 2.84. The van der Waals surface area contributed by atoms with Crippen LogP contribution in [0.25, 0.3) is 11.1 Å². The lowest BCUT2D eigenvalue weighted by Crippen LogP contribution is -2.37. The Hall–Kier alpha value is -3.22. The summed E-state index contributed by atoms with van der Waals surface area (Å²) in [5, 5.41) is 6.10. The summed E-state index contributed by atoms with van der Waals surface area (Å²) in [6.45, 7) is 4.27. The van der Waals surface area contributed by atoms with E-state index in [2.05, 4.69) is 15.6 Å². The van der Waals surface area contributed by atoms with Crippen LogP contribution < -0.4 is 20.1 Å². The van der Waals surface area contributed by atoms with Crippen LogP contribution in [0.3, 0.4) is 0 Å². The van der Waals surface area contributed by atoms with Crippen LogP contribution in [0.2, 0.25) is 0 Å². The third kappa shape index (κ3) is 3.28. The highest BCUT2D eigenvalue weighted by atomic mass is 16.7. The minimum absolute atomic E-state index is 0.0981. The molecule has 1 atom stereocenters. The SMILES string of the molecule is Cc1nc2cc(N[C@@H](C)C(=O)NCc3ccc4c(c3)OCO4)ccc2o1. The van der Waals surface area contributed by atoms with Crippen molar-refractivity contribution in [3.8, 4) is 11.5 Å². The van der Waals surface area contributed by atoms with Crippen molar-refractivity contribution >= 4 is 22.7 Å². The zero-order chi connectivity index (χ0) is 18.1. The second kappa shape index (κ2) is 6.59. The van der Waals surface area contributed by atoms with Crippen LogP contribution in [0.4, 0.5) is 5.69 Å². The van der Waals surface area contributed by atoms with Crippen LogP contribution in [0.1, 0.15) is 18.4 Å². The first-order valence-electron chi connectivity index (χ1n) is 8.38. The van der Waals surface area contributed by atoms with Crippen LogP contribution >= 0.6 is 0 Å². The Balaban J connectivity index is 1.36. The molecule has 0 fully saturated rings. The Bertz CT molecular complexity index is 967. The maximum atomic E-state index is 12.4. The Kier molecular flexibility index (Phi) is 4.12. The van der Waals surface area contributed by atoms with E-state index in [-0.39, 0.29) is 12.7 Å². The molecular weight excluding hydrogens is 334 g/mol. The smallest absolute Gasteiger partial charge is 0.242 e. The monoisotopic (exact) mass is 353 g/mol. The highest BCUT2D eigenvalue weighted by molar-refractivity contribution is 5.85. The van der Waals surface area contributed by atoms with Gasteiger partial charge >= 0.3 is 0 Å². The minimum atomic E-state index is -0.394. The zero-order valence-corrected chi connectivity index (χ0v) is 14.5. The molecule has 134 valence electrons. The maximum absolute atomic E-state index is 12.4. The number of oxazole rings is 1. The average Bonchev–Trinajstić information content (AvgIpc) is 3.23. The first kappa shape index (κ1) is 16.3. The quantitative estimate of drug-likeness (QED) is 0.733. The number of rotatable bonds is 5. The van der Waals surface area contributed by atoms with Gasteiger partial charge in [-0.25, -0.2) is 4.98 Å². The predicted molar refractivity (Wildman–Crippen MR) is 96.2 cm³/mol. The number of carbonyl (C=O) groups is 1. The topological polar surface area (TPSA) is 85.6 Å². The van der Waals surface area contributed by atoms with Crippen molar-refractivity contribution in [1.29, 1.82) is 0 Å². The fraction of sp³-hybridized carbons (Fsp3) is 0.263. The number of amides is 1. The number of aryl methyl sites for hydroxylation is 1. The molecule has 7 heteroatoms. The van der Waals surface area contributed by atoms with E-state index < -0.39 is 6.04 Å². The molecule has 26 heavy (non-hydrogen) atoms. The lowest BCUT2D eigenvalue weighted by Gasteiger charge is -2.15. The number of anilines is 1. The molecule has 1 aliphatic heterocycles. The van der Waals surface area contributed by atoms with E-state index in [4.69, 9.17) is 13.9 Å². The van der Waals surface area contributed by atoms with Crippen LogP contribution in [0, 0.1) is 6.92 Å². The summed E-state index contributed by atoms with van der Waals surface area (Å²) < 4.78 is 16.1. The Labute approximate surface area is 150 Å². The molecule has 1 aromatic heterocycles. The first-order valence-corrected chi connectivity index (χ1v) is 8.38. The standard InChI is InChI=1S/C19H19N3O4/c1-11(21-14-4-6-16-15(8-14)22-12(2)26-16)19(23)20-9-13-3-5-17-18(7-13)25-10-24-17/h3-8,11,21H,9-10H2,1-2H3,(H,20,23)/t11-/m0/s1. The Morgan fingerprint density at radius 2 is 2.04 bits per heavy atom. The summed E-state index contributed by atoms with van der Waals surface area (Å²) >= 11 is 0. The average molecular weight is 353 g/mol. The second-order valence-corrected chi connectivity index (χ2v) is 6.19. The summed E-state index contributed by atoms with van der Waals surface area (Å²) in [5.41, 5.74) is 3.26.